The van der Waals surface area contributed by atoms with Crippen LogP contribution in [-0.4, -0.2) is 19.5 Å². The standard InChI is InChI=1S/C13H10FNO4S2/c14-11-6-1-8(13(16)17)7-12(11)20-9-2-4-10(5-3-9)21(15,18)19/h1-7H,(H,16,17)(H2,15,18,19). The van der Waals surface area contributed by atoms with Gasteiger partial charge in [-0.25, -0.2) is 22.7 Å². The zero-order chi connectivity index (χ0) is 15.6. The Hall–Kier alpha value is -1.90. The molecule has 0 aliphatic heterocycles. The largest absolute Gasteiger partial charge is 0.478 e. The van der Waals surface area contributed by atoms with Crippen molar-refractivity contribution in [2.45, 2.75) is 14.7 Å². The van der Waals surface area contributed by atoms with Crippen LogP contribution >= 0.6 is 11.8 Å². The van der Waals surface area contributed by atoms with Crippen molar-refractivity contribution in [2.75, 3.05) is 0 Å². The molecule has 0 saturated carbocycles. The summed E-state index contributed by atoms with van der Waals surface area (Å²) in [6.45, 7) is 0. The maximum absolute atomic E-state index is 13.7. The molecule has 0 atom stereocenters. The molecule has 0 heterocycles. The molecule has 21 heavy (non-hydrogen) atoms. The number of rotatable bonds is 4. The first-order chi connectivity index (χ1) is 9.77. The number of halogens is 1. The maximum Gasteiger partial charge on any atom is 0.335 e. The number of sulfonamides is 1. The third kappa shape index (κ3) is 3.81. The van der Waals surface area contributed by atoms with Crippen molar-refractivity contribution in [1.29, 1.82) is 0 Å². The molecule has 0 saturated heterocycles. The lowest BCUT2D eigenvalue weighted by atomic mass is 10.2. The average Bonchev–Trinajstić information content (AvgIpc) is 2.40. The number of hydrogen-bond acceptors (Lipinski definition) is 4. The molecule has 2 rings (SSSR count). The van der Waals surface area contributed by atoms with Crippen LogP contribution in [0.1, 0.15) is 10.4 Å². The summed E-state index contributed by atoms with van der Waals surface area (Å²) in [6.07, 6.45) is 0. The molecule has 3 N–H and O–H groups in total. The smallest absolute Gasteiger partial charge is 0.335 e. The van der Waals surface area contributed by atoms with Gasteiger partial charge >= 0.3 is 5.97 Å². The Labute approximate surface area is 124 Å². The number of carboxylic acids is 1. The number of primary sulfonamides is 1. The van der Waals surface area contributed by atoms with Gasteiger partial charge in [0.25, 0.3) is 0 Å². The highest BCUT2D eigenvalue weighted by Gasteiger charge is 2.11. The molecule has 0 unspecified atom stereocenters. The Bertz CT molecular complexity index is 788. The predicted octanol–water partition coefficient (Wildman–Crippen LogP) is 2.32. The zero-order valence-corrected chi connectivity index (χ0v) is 12.1. The summed E-state index contributed by atoms with van der Waals surface area (Å²) >= 11 is 0.991. The molecule has 0 amide bonds. The Morgan fingerprint density at radius 2 is 1.76 bits per heavy atom. The van der Waals surface area contributed by atoms with E-state index in [4.69, 9.17) is 10.2 Å². The molecule has 5 nitrogen and oxygen atoms in total. The Morgan fingerprint density at radius 3 is 2.29 bits per heavy atom. The van der Waals surface area contributed by atoms with Crippen molar-refractivity contribution in [1.82, 2.24) is 0 Å². The summed E-state index contributed by atoms with van der Waals surface area (Å²) in [5.74, 6) is -1.71. The highest BCUT2D eigenvalue weighted by Crippen LogP contribution is 2.31. The van der Waals surface area contributed by atoms with Crippen LogP contribution < -0.4 is 5.14 Å². The van der Waals surface area contributed by atoms with Gasteiger partial charge in [0.05, 0.1) is 10.5 Å². The van der Waals surface area contributed by atoms with Crippen LogP contribution in [0.15, 0.2) is 57.2 Å². The topological polar surface area (TPSA) is 97.5 Å². The zero-order valence-electron chi connectivity index (χ0n) is 10.5. The van der Waals surface area contributed by atoms with Crippen molar-refractivity contribution >= 4 is 27.8 Å². The molecule has 0 aromatic heterocycles. The van der Waals surface area contributed by atoms with Gasteiger partial charge in [0, 0.05) is 9.79 Å². The van der Waals surface area contributed by atoms with Gasteiger partial charge in [-0.2, -0.15) is 0 Å². The third-order valence-corrected chi connectivity index (χ3v) is 4.53. The first-order valence-electron chi connectivity index (χ1n) is 5.61. The quantitative estimate of drug-likeness (QED) is 0.898. The maximum atomic E-state index is 13.7. The van der Waals surface area contributed by atoms with E-state index >= 15 is 0 Å². The van der Waals surface area contributed by atoms with E-state index in [1.165, 1.54) is 36.4 Å². The Balaban J connectivity index is 2.30. The molecule has 0 radical (unpaired) electrons. The highest BCUT2D eigenvalue weighted by atomic mass is 32.2. The number of hydrogen-bond donors (Lipinski definition) is 2. The van der Waals surface area contributed by atoms with Crippen molar-refractivity contribution in [2.24, 2.45) is 5.14 Å². The molecule has 2 aromatic rings. The molecule has 8 heteroatoms. The number of carboxylic acid groups (broad SMARTS) is 1. The summed E-state index contributed by atoms with van der Waals surface area (Å²) in [5.41, 5.74) is -0.0277. The van der Waals surface area contributed by atoms with Crippen LogP contribution in [0.3, 0.4) is 0 Å². The second-order valence-electron chi connectivity index (χ2n) is 4.07. The van der Waals surface area contributed by atoms with Crippen molar-refractivity contribution in [3.05, 3.63) is 53.8 Å². The summed E-state index contributed by atoms with van der Waals surface area (Å²) in [4.78, 5) is 11.5. The van der Waals surface area contributed by atoms with Crippen LogP contribution in [0, 0.1) is 5.82 Å². The fraction of sp³-hybridized carbons (Fsp3) is 0. The molecular formula is C13H10FNO4S2. The van der Waals surface area contributed by atoms with Gasteiger partial charge in [0.15, 0.2) is 0 Å². The molecular weight excluding hydrogens is 317 g/mol. The second kappa shape index (κ2) is 5.84. The van der Waals surface area contributed by atoms with Crippen LogP contribution in [-0.2, 0) is 10.0 Å². The molecule has 0 bridgehead atoms. The lowest BCUT2D eigenvalue weighted by Crippen LogP contribution is -2.11. The van der Waals surface area contributed by atoms with E-state index in [0.29, 0.717) is 4.90 Å². The van der Waals surface area contributed by atoms with E-state index in [9.17, 15) is 17.6 Å². The van der Waals surface area contributed by atoms with Gasteiger partial charge in [0.1, 0.15) is 5.82 Å². The minimum absolute atomic E-state index is 0.0277. The number of carbonyl (C=O) groups is 1. The normalized spacial score (nSPS) is 11.3. The lowest BCUT2D eigenvalue weighted by molar-refractivity contribution is 0.0696. The van der Waals surface area contributed by atoms with E-state index in [1.807, 2.05) is 0 Å². The van der Waals surface area contributed by atoms with E-state index in [0.717, 1.165) is 17.8 Å². The van der Waals surface area contributed by atoms with Gasteiger partial charge in [-0.1, -0.05) is 11.8 Å². The molecule has 110 valence electrons. The van der Waals surface area contributed by atoms with Gasteiger partial charge in [-0.05, 0) is 42.5 Å². The van der Waals surface area contributed by atoms with Gasteiger partial charge < -0.3 is 5.11 Å². The number of nitrogens with two attached hydrogens (primary N) is 1. The van der Waals surface area contributed by atoms with Crippen LogP contribution in [0.2, 0.25) is 0 Å². The summed E-state index contributed by atoms with van der Waals surface area (Å²) in [7, 11) is -3.78. The number of benzene rings is 2. The van der Waals surface area contributed by atoms with E-state index < -0.39 is 21.8 Å². The molecule has 0 fully saturated rings. The Morgan fingerprint density at radius 1 is 1.14 bits per heavy atom. The lowest BCUT2D eigenvalue weighted by Gasteiger charge is -2.05. The van der Waals surface area contributed by atoms with Gasteiger partial charge in [-0.15, -0.1) is 0 Å². The minimum Gasteiger partial charge on any atom is -0.478 e. The van der Waals surface area contributed by atoms with Crippen LogP contribution in [0.5, 0.6) is 0 Å². The predicted molar refractivity (Wildman–Crippen MR) is 75.3 cm³/mol. The van der Waals surface area contributed by atoms with Gasteiger partial charge in [-0.3, -0.25) is 0 Å². The van der Waals surface area contributed by atoms with Crippen molar-refractivity contribution < 1.29 is 22.7 Å². The monoisotopic (exact) mass is 327 g/mol. The molecule has 0 spiro atoms. The fourth-order valence-corrected chi connectivity index (χ4v) is 2.93. The van der Waals surface area contributed by atoms with Crippen LogP contribution in [0.4, 0.5) is 4.39 Å². The van der Waals surface area contributed by atoms with Crippen molar-refractivity contribution in [3.63, 3.8) is 0 Å². The molecule has 2 aromatic carbocycles. The van der Waals surface area contributed by atoms with E-state index in [2.05, 4.69) is 0 Å². The third-order valence-electron chi connectivity index (χ3n) is 2.56. The summed E-state index contributed by atoms with van der Waals surface area (Å²) < 4.78 is 35.9. The average molecular weight is 327 g/mol. The minimum atomic E-state index is -3.78. The molecule has 0 aliphatic carbocycles. The number of aromatic carboxylic acids is 1. The van der Waals surface area contributed by atoms with Crippen LogP contribution in [0.25, 0.3) is 0 Å². The fourth-order valence-electron chi connectivity index (χ4n) is 1.54. The molecule has 0 aliphatic rings. The summed E-state index contributed by atoms with van der Waals surface area (Å²) in [5, 5.41) is 13.9. The first-order valence-corrected chi connectivity index (χ1v) is 7.97. The first kappa shape index (κ1) is 15.5. The SMILES string of the molecule is NS(=O)(=O)c1ccc(Sc2cc(C(=O)O)ccc2F)cc1. The van der Waals surface area contributed by atoms with Gasteiger partial charge in [0.2, 0.25) is 10.0 Å². The summed E-state index contributed by atoms with van der Waals surface area (Å²) in [6, 6.07) is 9.01. The highest BCUT2D eigenvalue weighted by molar-refractivity contribution is 7.99. The Kier molecular flexibility index (Phi) is 4.31. The van der Waals surface area contributed by atoms with E-state index in [1.54, 1.807) is 0 Å². The van der Waals surface area contributed by atoms with Crippen molar-refractivity contribution in [3.8, 4) is 0 Å². The second-order valence-corrected chi connectivity index (χ2v) is 6.75. The van der Waals surface area contributed by atoms with E-state index in [-0.39, 0.29) is 15.4 Å².